The van der Waals surface area contributed by atoms with Crippen LogP contribution in [-0.4, -0.2) is 0 Å². The summed E-state index contributed by atoms with van der Waals surface area (Å²) < 4.78 is 0. The Bertz CT molecular complexity index is 509. The van der Waals surface area contributed by atoms with Crippen LogP contribution in [0.3, 0.4) is 0 Å². The van der Waals surface area contributed by atoms with E-state index in [1.807, 2.05) is 30.3 Å². The van der Waals surface area contributed by atoms with Crippen molar-refractivity contribution in [3.63, 3.8) is 0 Å². The molecule has 0 spiro atoms. The number of benzene rings is 2. The van der Waals surface area contributed by atoms with E-state index < -0.39 is 0 Å². The van der Waals surface area contributed by atoms with Crippen molar-refractivity contribution in [2.45, 2.75) is 6.54 Å². The molecule has 0 aromatic heterocycles. The average molecular weight is 252 g/mol. The molecule has 0 aliphatic rings. The highest BCUT2D eigenvalue weighted by Crippen LogP contribution is 2.28. The van der Waals surface area contributed by atoms with Gasteiger partial charge in [0.1, 0.15) is 0 Å². The molecule has 0 fully saturated rings. The molecule has 16 heavy (non-hydrogen) atoms. The zero-order chi connectivity index (χ0) is 11.5. The van der Waals surface area contributed by atoms with E-state index in [4.69, 9.17) is 28.9 Å². The first-order chi connectivity index (χ1) is 7.70. The van der Waals surface area contributed by atoms with Crippen LogP contribution >= 0.6 is 23.2 Å². The second-order valence-corrected chi connectivity index (χ2v) is 4.35. The molecule has 2 N–H and O–H groups in total. The van der Waals surface area contributed by atoms with E-state index in [-0.39, 0.29) is 0 Å². The van der Waals surface area contributed by atoms with E-state index in [0.29, 0.717) is 16.6 Å². The van der Waals surface area contributed by atoms with Crippen LogP contribution in [0.5, 0.6) is 0 Å². The zero-order valence-corrected chi connectivity index (χ0v) is 10.1. The van der Waals surface area contributed by atoms with Crippen molar-refractivity contribution in [1.82, 2.24) is 0 Å². The standard InChI is InChI=1S/C13H11Cl2N/c14-12-5-4-11(7-13(12)15)10-3-1-2-9(6-10)8-16/h1-7H,8,16H2. The van der Waals surface area contributed by atoms with Crippen LogP contribution in [0.25, 0.3) is 11.1 Å². The van der Waals surface area contributed by atoms with Gasteiger partial charge in [-0.2, -0.15) is 0 Å². The third kappa shape index (κ3) is 2.38. The van der Waals surface area contributed by atoms with Gasteiger partial charge in [-0.3, -0.25) is 0 Å². The molecule has 0 amide bonds. The Morgan fingerprint density at radius 2 is 1.62 bits per heavy atom. The lowest BCUT2D eigenvalue weighted by molar-refractivity contribution is 1.07. The van der Waals surface area contributed by atoms with Crippen molar-refractivity contribution in [3.05, 3.63) is 58.1 Å². The number of rotatable bonds is 2. The Hall–Kier alpha value is -1.02. The van der Waals surface area contributed by atoms with Gasteiger partial charge in [-0.1, -0.05) is 47.5 Å². The Balaban J connectivity index is 2.46. The van der Waals surface area contributed by atoms with Gasteiger partial charge < -0.3 is 5.73 Å². The van der Waals surface area contributed by atoms with E-state index in [2.05, 4.69) is 6.07 Å². The Morgan fingerprint density at radius 1 is 0.875 bits per heavy atom. The highest BCUT2D eigenvalue weighted by Gasteiger charge is 2.02. The molecule has 0 radical (unpaired) electrons. The second-order valence-electron chi connectivity index (χ2n) is 3.53. The smallest absolute Gasteiger partial charge is 0.0598 e. The van der Waals surface area contributed by atoms with Gasteiger partial charge in [-0.15, -0.1) is 0 Å². The lowest BCUT2D eigenvalue weighted by Gasteiger charge is -2.05. The van der Waals surface area contributed by atoms with Gasteiger partial charge in [-0.25, -0.2) is 0 Å². The number of nitrogens with two attached hydrogens (primary N) is 1. The maximum absolute atomic E-state index is 5.98. The molecule has 2 rings (SSSR count). The Labute approximate surface area is 105 Å². The van der Waals surface area contributed by atoms with E-state index in [9.17, 15) is 0 Å². The molecule has 3 heteroatoms. The van der Waals surface area contributed by atoms with Crippen LogP contribution in [0.1, 0.15) is 5.56 Å². The summed E-state index contributed by atoms with van der Waals surface area (Å²) in [6, 6.07) is 13.7. The van der Waals surface area contributed by atoms with Crippen LogP contribution < -0.4 is 5.73 Å². The minimum Gasteiger partial charge on any atom is -0.326 e. The van der Waals surface area contributed by atoms with Crippen LogP contribution in [0, 0.1) is 0 Å². The van der Waals surface area contributed by atoms with Gasteiger partial charge >= 0.3 is 0 Å². The van der Waals surface area contributed by atoms with E-state index in [1.54, 1.807) is 6.07 Å². The second kappa shape index (κ2) is 4.88. The summed E-state index contributed by atoms with van der Waals surface area (Å²) in [5.41, 5.74) is 8.85. The topological polar surface area (TPSA) is 26.0 Å². The monoisotopic (exact) mass is 251 g/mol. The molecule has 0 saturated carbocycles. The maximum Gasteiger partial charge on any atom is 0.0598 e. The van der Waals surface area contributed by atoms with E-state index in [1.165, 1.54) is 0 Å². The van der Waals surface area contributed by atoms with Gasteiger partial charge in [0.05, 0.1) is 10.0 Å². The summed E-state index contributed by atoms with van der Waals surface area (Å²) in [6.45, 7) is 0.537. The van der Waals surface area contributed by atoms with Crippen molar-refractivity contribution in [2.24, 2.45) is 5.73 Å². The van der Waals surface area contributed by atoms with Crippen molar-refractivity contribution >= 4 is 23.2 Å². The molecule has 0 aliphatic heterocycles. The molecule has 0 atom stereocenters. The predicted molar refractivity (Wildman–Crippen MR) is 69.8 cm³/mol. The van der Waals surface area contributed by atoms with Crippen LogP contribution in [0.2, 0.25) is 10.0 Å². The Kier molecular flexibility index (Phi) is 3.49. The Morgan fingerprint density at radius 3 is 2.31 bits per heavy atom. The minimum absolute atomic E-state index is 0.537. The van der Waals surface area contributed by atoms with Crippen LogP contribution in [0.15, 0.2) is 42.5 Å². The SMILES string of the molecule is NCc1cccc(-c2ccc(Cl)c(Cl)c2)c1. The number of halogens is 2. The van der Waals surface area contributed by atoms with Gasteiger partial charge in [0.2, 0.25) is 0 Å². The fourth-order valence-corrected chi connectivity index (χ4v) is 1.85. The van der Waals surface area contributed by atoms with Crippen LogP contribution in [0.4, 0.5) is 0 Å². The third-order valence-electron chi connectivity index (χ3n) is 2.42. The minimum atomic E-state index is 0.537. The summed E-state index contributed by atoms with van der Waals surface area (Å²) in [7, 11) is 0. The first-order valence-corrected chi connectivity index (χ1v) is 5.71. The van der Waals surface area contributed by atoms with Crippen molar-refractivity contribution in [2.75, 3.05) is 0 Å². The van der Waals surface area contributed by atoms with Crippen molar-refractivity contribution in [3.8, 4) is 11.1 Å². The summed E-state index contributed by atoms with van der Waals surface area (Å²) >= 11 is 11.9. The molecule has 0 bridgehead atoms. The molecule has 0 heterocycles. The molecule has 1 nitrogen and oxygen atoms in total. The summed E-state index contributed by atoms with van der Waals surface area (Å²) in [5.74, 6) is 0. The number of hydrogen-bond acceptors (Lipinski definition) is 1. The van der Waals surface area contributed by atoms with E-state index in [0.717, 1.165) is 16.7 Å². The fourth-order valence-electron chi connectivity index (χ4n) is 1.55. The van der Waals surface area contributed by atoms with Gasteiger partial charge in [0.25, 0.3) is 0 Å². The molecule has 82 valence electrons. The quantitative estimate of drug-likeness (QED) is 0.854. The van der Waals surface area contributed by atoms with Gasteiger partial charge in [-0.05, 0) is 34.9 Å². The lowest BCUT2D eigenvalue weighted by atomic mass is 10.0. The van der Waals surface area contributed by atoms with Gasteiger partial charge in [0, 0.05) is 6.54 Å². The van der Waals surface area contributed by atoms with Crippen LogP contribution in [-0.2, 0) is 6.54 Å². The molecule has 0 aliphatic carbocycles. The summed E-state index contributed by atoms with van der Waals surface area (Å²) in [4.78, 5) is 0. The van der Waals surface area contributed by atoms with Gasteiger partial charge in [0.15, 0.2) is 0 Å². The average Bonchev–Trinajstić information content (AvgIpc) is 2.33. The first kappa shape index (κ1) is 11.5. The molecular formula is C13H11Cl2N. The maximum atomic E-state index is 5.98. The predicted octanol–water partition coefficient (Wildman–Crippen LogP) is 4.12. The molecule has 0 saturated heterocycles. The van der Waals surface area contributed by atoms with Crippen molar-refractivity contribution in [1.29, 1.82) is 0 Å². The first-order valence-electron chi connectivity index (χ1n) is 4.95. The highest BCUT2D eigenvalue weighted by atomic mass is 35.5. The third-order valence-corrected chi connectivity index (χ3v) is 3.15. The lowest BCUT2D eigenvalue weighted by Crippen LogP contribution is -1.95. The fraction of sp³-hybridized carbons (Fsp3) is 0.0769. The normalized spacial score (nSPS) is 10.4. The molecular weight excluding hydrogens is 241 g/mol. The highest BCUT2D eigenvalue weighted by molar-refractivity contribution is 6.42. The number of hydrogen-bond donors (Lipinski definition) is 1. The molecule has 0 unspecified atom stereocenters. The van der Waals surface area contributed by atoms with Crippen molar-refractivity contribution < 1.29 is 0 Å². The zero-order valence-electron chi connectivity index (χ0n) is 8.58. The summed E-state index contributed by atoms with van der Waals surface area (Å²) in [6.07, 6.45) is 0. The molecule has 2 aromatic rings. The van der Waals surface area contributed by atoms with E-state index >= 15 is 0 Å². The summed E-state index contributed by atoms with van der Waals surface area (Å²) in [5, 5.41) is 1.14. The largest absolute Gasteiger partial charge is 0.326 e. The molecule has 2 aromatic carbocycles.